The molecule has 0 unspecified atom stereocenters. The molecule has 0 aromatic heterocycles. The number of nitrogens with zero attached hydrogens (tertiary/aromatic N) is 1. The molecule has 1 aromatic rings. The number of hydrogen-bond donors (Lipinski definition) is 4. The van der Waals surface area contributed by atoms with Gasteiger partial charge in [-0.3, -0.25) is 4.99 Å². The maximum Gasteiger partial charge on any atom is 0.190 e. The van der Waals surface area contributed by atoms with Gasteiger partial charge in [-0.1, -0.05) is 30.3 Å². The van der Waals surface area contributed by atoms with Crippen molar-refractivity contribution in [2.75, 3.05) is 54.4 Å². The van der Waals surface area contributed by atoms with E-state index in [4.69, 9.17) is 4.74 Å². The van der Waals surface area contributed by atoms with Crippen LogP contribution in [0.4, 0.5) is 0 Å². The molecule has 0 aliphatic heterocycles. The van der Waals surface area contributed by atoms with Gasteiger partial charge in [0.05, 0.1) is 13.2 Å². The van der Waals surface area contributed by atoms with E-state index in [1.165, 1.54) is 18.4 Å². The van der Waals surface area contributed by atoms with Crippen LogP contribution < -0.4 is 21.3 Å². The van der Waals surface area contributed by atoms with Crippen LogP contribution in [0, 0.1) is 0 Å². The van der Waals surface area contributed by atoms with Crippen molar-refractivity contribution in [3.8, 4) is 0 Å². The summed E-state index contributed by atoms with van der Waals surface area (Å²) >= 11 is 0. The summed E-state index contributed by atoms with van der Waals surface area (Å²) in [5, 5.41) is 12.3. The number of ether oxygens (including phenoxy) is 1. The molecule has 0 fully saturated rings. The number of hydrogen-bond acceptors (Lipinski definition) is 4. The van der Waals surface area contributed by atoms with Gasteiger partial charge in [-0.05, 0) is 39.0 Å². The van der Waals surface area contributed by atoms with Crippen LogP contribution in [0.2, 0.25) is 0 Å². The van der Waals surface area contributed by atoms with Gasteiger partial charge in [0.25, 0.3) is 0 Å². The van der Waals surface area contributed by atoms with Gasteiger partial charge in [-0.15, -0.1) is 0 Å². The minimum atomic E-state index is 0.711. The summed E-state index contributed by atoms with van der Waals surface area (Å²) < 4.78 is 5.40. The normalized spacial score (nSPS) is 10.8. The lowest BCUT2D eigenvalue weighted by Crippen LogP contribution is -2.35. The number of nitrogens with one attached hydrogen (secondary N) is 4. The third-order valence-corrected chi connectivity index (χ3v) is 3.21. The molecule has 6 heteroatoms. The van der Waals surface area contributed by atoms with Crippen molar-refractivity contribution < 1.29 is 4.74 Å². The summed E-state index contributed by atoms with van der Waals surface area (Å²) in [6, 6.07) is 10.2. The quantitative estimate of drug-likeness (QED) is 0.293. The van der Waals surface area contributed by atoms with Gasteiger partial charge in [0.1, 0.15) is 0 Å². The first-order valence-electron chi connectivity index (χ1n) is 8.57. The van der Waals surface area contributed by atoms with E-state index in [1.54, 1.807) is 7.05 Å². The first kappa shape index (κ1) is 22.4. The Hall–Kier alpha value is -1.63. The molecule has 0 aliphatic carbocycles. The number of aliphatic imine (C=N–C) groups is 1. The highest BCUT2D eigenvalue weighted by atomic mass is 16.5. The van der Waals surface area contributed by atoms with E-state index in [9.17, 15) is 0 Å². The number of benzene rings is 1. The van der Waals surface area contributed by atoms with E-state index in [0.29, 0.717) is 6.61 Å². The molecule has 0 amide bonds. The molecule has 0 saturated heterocycles. The van der Waals surface area contributed by atoms with Crippen LogP contribution in [0.25, 0.3) is 0 Å². The van der Waals surface area contributed by atoms with E-state index >= 15 is 0 Å². The summed E-state index contributed by atoms with van der Waals surface area (Å²) in [4.78, 5) is 4.00. The Kier molecular flexibility index (Phi) is 16.5. The summed E-state index contributed by atoms with van der Waals surface area (Å²) in [7, 11) is 7.53. The molecule has 0 aliphatic rings. The van der Waals surface area contributed by atoms with Crippen LogP contribution in [0.15, 0.2) is 35.3 Å². The van der Waals surface area contributed by atoms with E-state index < -0.39 is 0 Å². The highest BCUT2D eigenvalue weighted by Gasteiger charge is 1.91. The van der Waals surface area contributed by atoms with Gasteiger partial charge >= 0.3 is 0 Å². The van der Waals surface area contributed by atoms with Gasteiger partial charge in [0.2, 0.25) is 0 Å². The van der Waals surface area contributed by atoms with Gasteiger partial charge in [0.15, 0.2) is 5.96 Å². The van der Waals surface area contributed by atoms with Gasteiger partial charge in [-0.2, -0.15) is 0 Å². The SMILES string of the molecule is CN=C(NC)NCCCCNC.CNCCOCc1ccccc1. The Bertz CT molecular complexity index is 398. The molecular formula is C18H35N5O. The maximum absolute atomic E-state index is 5.40. The van der Waals surface area contributed by atoms with Crippen molar-refractivity contribution in [1.82, 2.24) is 21.3 Å². The number of likely N-dealkylation sites (N-methyl/N-ethyl adjacent to an activating group) is 1. The zero-order valence-corrected chi connectivity index (χ0v) is 15.7. The molecule has 0 saturated carbocycles. The van der Waals surface area contributed by atoms with Crippen molar-refractivity contribution >= 4 is 5.96 Å². The zero-order valence-electron chi connectivity index (χ0n) is 15.7. The second kappa shape index (κ2) is 17.7. The molecule has 1 rings (SSSR count). The van der Waals surface area contributed by atoms with E-state index in [0.717, 1.165) is 32.2 Å². The predicted molar refractivity (Wildman–Crippen MR) is 104 cm³/mol. The van der Waals surface area contributed by atoms with Crippen molar-refractivity contribution in [2.45, 2.75) is 19.4 Å². The second-order valence-electron chi connectivity index (χ2n) is 5.20. The van der Waals surface area contributed by atoms with Crippen molar-refractivity contribution in [3.05, 3.63) is 35.9 Å². The van der Waals surface area contributed by atoms with Crippen LogP contribution in [0.5, 0.6) is 0 Å². The Morgan fingerprint density at radius 3 is 2.21 bits per heavy atom. The Balaban J connectivity index is 0.000000441. The van der Waals surface area contributed by atoms with Crippen LogP contribution in [-0.4, -0.2) is 60.4 Å². The average Bonchev–Trinajstić information content (AvgIpc) is 2.63. The molecule has 0 spiro atoms. The molecule has 1 aromatic carbocycles. The fourth-order valence-corrected chi connectivity index (χ4v) is 1.85. The predicted octanol–water partition coefficient (Wildman–Crippen LogP) is 1.20. The van der Waals surface area contributed by atoms with Crippen molar-refractivity contribution in [3.63, 3.8) is 0 Å². The molecule has 0 atom stereocenters. The minimum Gasteiger partial charge on any atom is -0.375 e. The second-order valence-corrected chi connectivity index (χ2v) is 5.20. The van der Waals surface area contributed by atoms with Gasteiger partial charge in [-0.25, -0.2) is 0 Å². The third kappa shape index (κ3) is 14.0. The first-order chi connectivity index (χ1) is 11.8. The molecule has 6 nitrogen and oxygen atoms in total. The summed E-state index contributed by atoms with van der Waals surface area (Å²) in [5.41, 5.74) is 1.23. The van der Waals surface area contributed by atoms with Gasteiger partial charge < -0.3 is 26.0 Å². The number of guanidine groups is 1. The fourth-order valence-electron chi connectivity index (χ4n) is 1.85. The molecular weight excluding hydrogens is 302 g/mol. The summed E-state index contributed by atoms with van der Waals surface area (Å²) in [5.74, 6) is 0.861. The molecule has 0 radical (unpaired) electrons. The fraction of sp³-hybridized carbons (Fsp3) is 0.611. The van der Waals surface area contributed by atoms with Crippen LogP contribution in [-0.2, 0) is 11.3 Å². The Morgan fingerprint density at radius 1 is 0.958 bits per heavy atom. The lowest BCUT2D eigenvalue weighted by Gasteiger charge is -2.07. The van der Waals surface area contributed by atoms with Crippen molar-refractivity contribution in [2.24, 2.45) is 4.99 Å². The van der Waals surface area contributed by atoms with Crippen LogP contribution in [0.3, 0.4) is 0 Å². The van der Waals surface area contributed by atoms with Gasteiger partial charge in [0, 0.05) is 27.2 Å². The minimum absolute atomic E-state index is 0.711. The molecule has 4 N–H and O–H groups in total. The standard InChI is InChI=1S/C10H15NO.C8H20N4/c1-11-7-8-12-9-10-5-3-2-4-6-10;1-9-6-4-5-7-12-8(10-2)11-3/h2-6,11H,7-9H2,1H3;9H,4-7H2,1-3H3,(H2,10,11,12). The highest BCUT2D eigenvalue weighted by molar-refractivity contribution is 5.79. The monoisotopic (exact) mass is 337 g/mol. The topological polar surface area (TPSA) is 69.7 Å². The Morgan fingerprint density at radius 2 is 1.62 bits per heavy atom. The van der Waals surface area contributed by atoms with E-state index in [1.807, 2.05) is 39.3 Å². The van der Waals surface area contributed by atoms with E-state index in [-0.39, 0.29) is 0 Å². The molecule has 138 valence electrons. The lowest BCUT2D eigenvalue weighted by atomic mass is 10.2. The summed E-state index contributed by atoms with van der Waals surface area (Å²) in [6.45, 7) is 4.45. The van der Waals surface area contributed by atoms with Crippen LogP contribution in [0.1, 0.15) is 18.4 Å². The zero-order chi connectivity index (χ0) is 17.9. The third-order valence-electron chi connectivity index (χ3n) is 3.21. The molecule has 24 heavy (non-hydrogen) atoms. The number of rotatable bonds is 10. The Labute approximate surface area is 147 Å². The maximum atomic E-state index is 5.40. The number of unbranched alkanes of at least 4 members (excludes halogenated alkanes) is 1. The molecule has 0 heterocycles. The van der Waals surface area contributed by atoms with Crippen molar-refractivity contribution in [1.29, 1.82) is 0 Å². The first-order valence-corrected chi connectivity index (χ1v) is 8.57. The molecule has 0 bridgehead atoms. The van der Waals surface area contributed by atoms with Crippen LogP contribution >= 0.6 is 0 Å². The smallest absolute Gasteiger partial charge is 0.190 e. The highest BCUT2D eigenvalue weighted by Crippen LogP contribution is 1.99. The largest absolute Gasteiger partial charge is 0.375 e. The summed E-state index contributed by atoms with van der Waals surface area (Å²) in [6.07, 6.45) is 2.37. The average molecular weight is 338 g/mol. The lowest BCUT2D eigenvalue weighted by molar-refractivity contribution is 0.124. The van der Waals surface area contributed by atoms with E-state index in [2.05, 4.69) is 38.4 Å².